The Labute approximate surface area is 115 Å². The molecular weight excluding hydrogens is 269 g/mol. The lowest BCUT2D eigenvalue weighted by atomic mass is 9.78. The monoisotopic (exact) mass is 286 g/mol. The van der Waals surface area contributed by atoms with E-state index in [-0.39, 0.29) is 17.9 Å². The summed E-state index contributed by atoms with van der Waals surface area (Å²) in [6.45, 7) is 0.423. The van der Waals surface area contributed by atoms with Crippen LogP contribution >= 0.6 is 0 Å². The van der Waals surface area contributed by atoms with Gasteiger partial charge < -0.3 is 11.1 Å². The predicted molar refractivity (Wildman–Crippen MR) is 68.9 cm³/mol. The van der Waals surface area contributed by atoms with E-state index in [1.165, 1.54) is 12.1 Å². The van der Waals surface area contributed by atoms with Crippen molar-refractivity contribution in [2.75, 3.05) is 6.54 Å². The van der Waals surface area contributed by atoms with Gasteiger partial charge in [-0.3, -0.25) is 4.79 Å². The third-order valence-corrected chi connectivity index (χ3v) is 3.63. The Morgan fingerprint density at radius 3 is 2.30 bits per heavy atom. The predicted octanol–water partition coefficient (Wildman–Crippen LogP) is 2.25. The minimum absolute atomic E-state index is 0.0637. The van der Waals surface area contributed by atoms with Crippen LogP contribution in [0.25, 0.3) is 0 Å². The summed E-state index contributed by atoms with van der Waals surface area (Å²) >= 11 is 0. The molecule has 3 nitrogen and oxygen atoms in total. The molecule has 0 aromatic heterocycles. The zero-order valence-electron chi connectivity index (χ0n) is 11.0. The van der Waals surface area contributed by atoms with Gasteiger partial charge in [-0.05, 0) is 37.0 Å². The van der Waals surface area contributed by atoms with Crippen LogP contribution < -0.4 is 11.1 Å². The van der Waals surface area contributed by atoms with Crippen LogP contribution in [0, 0.1) is 0 Å². The Hall–Kier alpha value is -1.56. The van der Waals surface area contributed by atoms with Gasteiger partial charge in [0.2, 0.25) is 5.91 Å². The Bertz CT molecular complexity index is 478. The Morgan fingerprint density at radius 2 is 1.85 bits per heavy atom. The number of hydrogen-bond donors (Lipinski definition) is 2. The number of amides is 1. The summed E-state index contributed by atoms with van der Waals surface area (Å²) in [4.78, 5) is 11.7. The molecule has 0 radical (unpaired) electrons. The summed E-state index contributed by atoms with van der Waals surface area (Å²) in [6, 6.07) is 4.62. The lowest BCUT2D eigenvalue weighted by molar-refractivity contribution is -0.137. The number of benzene rings is 1. The van der Waals surface area contributed by atoms with Gasteiger partial charge in [0.15, 0.2) is 0 Å². The van der Waals surface area contributed by atoms with E-state index in [0.29, 0.717) is 12.1 Å². The molecular formula is C14H17F3N2O. The van der Waals surface area contributed by atoms with Crippen LogP contribution in [-0.2, 0) is 17.4 Å². The Balaban J connectivity index is 1.85. The van der Waals surface area contributed by atoms with Gasteiger partial charge in [-0.15, -0.1) is 0 Å². The highest BCUT2D eigenvalue weighted by Gasteiger charge is 2.32. The van der Waals surface area contributed by atoms with E-state index in [1.54, 1.807) is 0 Å². The second kappa shape index (κ2) is 5.44. The quantitative estimate of drug-likeness (QED) is 0.892. The summed E-state index contributed by atoms with van der Waals surface area (Å²) in [5, 5.41) is 2.73. The number of alkyl halides is 3. The van der Waals surface area contributed by atoms with Gasteiger partial charge >= 0.3 is 6.18 Å². The van der Waals surface area contributed by atoms with E-state index < -0.39 is 11.7 Å². The lowest BCUT2D eigenvalue weighted by Gasteiger charge is -2.38. The van der Waals surface area contributed by atoms with Gasteiger partial charge in [-0.1, -0.05) is 12.1 Å². The lowest BCUT2D eigenvalue weighted by Crippen LogP contribution is -2.55. The second-order valence-electron chi connectivity index (χ2n) is 5.36. The summed E-state index contributed by atoms with van der Waals surface area (Å²) < 4.78 is 37.2. The van der Waals surface area contributed by atoms with Gasteiger partial charge in [0.25, 0.3) is 0 Å². The number of hydrogen-bond acceptors (Lipinski definition) is 2. The van der Waals surface area contributed by atoms with Crippen molar-refractivity contribution < 1.29 is 18.0 Å². The maximum Gasteiger partial charge on any atom is 0.416 e. The number of carbonyl (C=O) groups excluding carboxylic acids is 1. The molecule has 1 aliphatic rings. The molecule has 1 saturated carbocycles. The minimum Gasteiger partial charge on any atom is -0.354 e. The average Bonchev–Trinajstić information content (AvgIpc) is 2.33. The first kappa shape index (κ1) is 14.8. The first-order valence-corrected chi connectivity index (χ1v) is 6.50. The van der Waals surface area contributed by atoms with Gasteiger partial charge in [0, 0.05) is 12.1 Å². The molecule has 1 aromatic carbocycles. The first-order chi connectivity index (χ1) is 9.28. The number of carbonyl (C=O) groups is 1. The molecule has 0 bridgehead atoms. The third-order valence-electron chi connectivity index (χ3n) is 3.63. The standard InChI is InChI=1S/C14H17F3N2O/c15-14(16,17)11-4-2-10(3-5-11)8-12(20)19-9-13(18)6-1-7-13/h2-5H,1,6-9,18H2,(H,19,20). The zero-order valence-corrected chi connectivity index (χ0v) is 11.0. The highest BCUT2D eigenvalue weighted by molar-refractivity contribution is 5.78. The smallest absolute Gasteiger partial charge is 0.354 e. The van der Waals surface area contributed by atoms with E-state index in [2.05, 4.69) is 5.32 Å². The summed E-state index contributed by atoms with van der Waals surface area (Å²) in [7, 11) is 0. The first-order valence-electron chi connectivity index (χ1n) is 6.50. The fourth-order valence-corrected chi connectivity index (χ4v) is 2.14. The maximum atomic E-state index is 12.4. The van der Waals surface area contributed by atoms with Crippen LogP contribution in [0.4, 0.5) is 13.2 Å². The van der Waals surface area contributed by atoms with Crippen molar-refractivity contribution in [3.8, 4) is 0 Å². The summed E-state index contributed by atoms with van der Waals surface area (Å²) in [6.07, 6.45) is -1.42. The van der Waals surface area contributed by atoms with Gasteiger partial charge in [-0.2, -0.15) is 13.2 Å². The fourth-order valence-electron chi connectivity index (χ4n) is 2.14. The van der Waals surface area contributed by atoms with Crippen molar-refractivity contribution in [1.82, 2.24) is 5.32 Å². The van der Waals surface area contributed by atoms with Crippen molar-refractivity contribution in [3.63, 3.8) is 0 Å². The molecule has 1 amide bonds. The molecule has 1 aliphatic carbocycles. The molecule has 0 atom stereocenters. The van der Waals surface area contributed by atoms with Crippen molar-refractivity contribution in [2.24, 2.45) is 5.73 Å². The van der Waals surface area contributed by atoms with E-state index >= 15 is 0 Å². The minimum atomic E-state index is -4.35. The highest BCUT2D eigenvalue weighted by Crippen LogP contribution is 2.29. The topological polar surface area (TPSA) is 55.1 Å². The average molecular weight is 286 g/mol. The van der Waals surface area contributed by atoms with Crippen molar-refractivity contribution in [1.29, 1.82) is 0 Å². The van der Waals surface area contributed by atoms with Crippen molar-refractivity contribution in [2.45, 2.75) is 37.4 Å². The molecule has 110 valence electrons. The molecule has 0 heterocycles. The van der Waals surface area contributed by atoms with E-state index in [1.807, 2.05) is 0 Å². The van der Waals surface area contributed by atoms with Crippen LogP contribution in [0.15, 0.2) is 24.3 Å². The number of nitrogens with one attached hydrogen (secondary N) is 1. The molecule has 3 N–H and O–H groups in total. The van der Waals surface area contributed by atoms with Gasteiger partial charge in [0.05, 0.1) is 12.0 Å². The molecule has 0 unspecified atom stereocenters. The molecule has 6 heteroatoms. The molecule has 20 heavy (non-hydrogen) atoms. The number of rotatable bonds is 4. The van der Waals surface area contributed by atoms with E-state index in [0.717, 1.165) is 31.4 Å². The van der Waals surface area contributed by atoms with E-state index in [4.69, 9.17) is 5.73 Å². The molecule has 1 aromatic rings. The summed E-state index contributed by atoms with van der Waals surface area (Å²) in [5.74, 6) is -0.221. The third kappa shape index (κ3) is 3.72. The largest absolute Gasteiger partial charge is 0.416 e. The normalized spacial score (nSPS) is 17.4. The SMILES string of the molecule is NC1(CNC(=O)Cc2ccc(C(F)(F)F)cc2)CCC1. The highest BCUT2D eigenvalue weighted by atomic mass is 19.4. The maximum absolute atomic E-state index is 12.4. The van der Waals surface area contributed by atoms with Gasteiger partial charge in [-0.25, -0.2) is 0 Å². The van der Waals surface area contributed by atoms with Crippen LogP contribution in [-0.4, -0.2) is 18.0 Å². The van der Waals surface area contributed by atoms with Crippen LogP contribution in [0.1, 0.15) is 30.4 Å². The summed E-state index contributed by atoms with van der Waals surface area (Å²) in [5.41, 5.74) is 5.52. The van der Waals surface area contributed by atoms with Crippen LogP contribution in [0.3, 0.4) is 0 Å². The van der Waals surface area contributed by atoms with Crippen molar-refractivity contribution in [3.05, 3.63) is 35.4 Å². The molecule has 0 saturated heterocycles. The molecule has 2 rings (SSSR count). The Morgan fingerprint density at radius 1 is 1.25 bits per heavy atom. The van der Waals surface area contributed by atoms with Crippen LogP contribution in [0.5, 0.6) is 0 Å². The zero-order chi connectivity index (χ0) is 14.8. The second-order valence-corrected chi connectivity index (χ2v) is 5.36. The van der Waals surface area contributed by atoms with Crippen LogP contribution in [0.2, 0.25) is 0 Å². The molecule has 0 aliphatic heterocycles. The molecule has 0 spiro atoms. The van der Waals surface area contributed by atoms with E-state index in [9.17, 15) is 18.0 Å². The number of halogens is 3. The Kier molecular flexibility index (Phi) is 4.04. The van der Waals surface area contributed by atoms with Crippen molar-refractivity contribution >= 4 is 5.91 Å². The molecule has 1 fully saturated rings. The number of nitrogens with two attached hydrogens (primary N) is 1. The fraction of sp³-hybridized carbons (Fsp3) is 0.500. The van der Waals surface area contributed by atoms with Gasteiger partial charge in [0.1, 0.15) is 0 Å².